The number of benzene rings is 1. The molecule has 1 rings (SSSR count). The molecule has 0 saturated carbocycles. The van der Waals surface area contributed by atoms with Crippen LogP contribution in [-0.2, 0) is 4.79 Å². The van der Waals surface area contributed by atoms with Crippen LogP contribution in [0.15, 0.2) is 36.4 Å². The zero-order chi connectivity index (χ0) is 13.6. The highest BCUT2D eigenvalue weighted by molar-refractivity contribution is 5.81. The Kier molecular flexibility index (Phi) is 5.33. The number of Topliss-reactive ketones (excluding diaryl/α,β-unsaturated/α-hetero) is 1. The second-order valence-corrected chi connectivity index (χ2v) is 5.55. The first-order chi connectivity index (χ1) is 8.47. The fraction of sp³-hybridized carbons (Fsp3) is 0.471. The Bertz CT molecular complexity index is 401. The molecule has 0 heterocycles. The van der Waals surface area contributed by atoms with Crippen LogP contribution in [0.1, 0.15) is 46.1 Å². The average molecular weight is 244 g/mol. The normalized spacial score (nSPS) is 13.8. The standard InChI is InChI=1S/C17H24O/c1-5-16(18)14(2)17(3,4)13-9-12-15-10-7-6-8-11-15/h6-12,14H,5,13H2,1-4H3/b12-9+. The topological polar surface area (TPSA) is 17.1 Å². The van der Waals surface area contributed by atoms with Gasteiger partial charge in [-0.3, -0.25) is 4.79 Å². The van der Waals surface area contributed by atoms with E-state index in [1.165, 1.54) is 5.56 Å². The van der Waals surface area contributed by atoms with Crippen LogP contribution < -0.4 is 0 Å². The van der Waals surface area contributed by atoms with Crippen LogP contribution in [0.25, 0.3) is 6.08 Å². The van der Waals surface area contributed by atoms with Crippen molar-refractivity contribution in [1.82, 2.24) is 0 Å². The number of rotatable bonds is 6. The second-order valence-electron chi connectivity index (χ2n) is 5.55. The predicted molar refractivity (Wildman–Crippen MR) is 78.3 cm³/mol. The molecule has 1 unspecified atom stereocenters. The first kappa shape index (κ1) is 14.7. The largest absolute Gasteiger partial charge is 0.299 e. The summed E-state index contributed by atoms with van der Waals surface area (Å²) in [6, 6.07) is 10.3. The zero-order valence-corrected chi connectivity index (χ0v) is 11.9. The van der Waals surface area contributed by atoms with Gasteiger partial charge in [0.1, 0.15) is 5.78 Å². The molecule has 0 amide bonds. The van der Waals surface area contributed by atoms with E-state index >= 15 is 0 Å². The molecule has 0 bridgehead atoms. The molecular formula is C17H24O. The van der Waals surface area contributed by atoms with Crippen molar-refractivity contribution in [2.75, 3.05) is 0 Å². The van der Waals surface area contributed by atoms with Crippen LogP contribution in [0.4, 0.5) is 0 Å². The maximum absolute atomic E-state index is 11.8. The Labute approximate surface area is 111 Å². The predicted octanol–water partition coefficient (Wildman–Crippen LogP) is 4.73. The summed E-state index contributed by atoms with van der Waals surface area (Å²) in [5.74, 6) is 0.469. The van der Waals surface area contributed by atoms with E-state index in [-0.39, 0.29) is 11.3 Å². The third kappa shape index (κ3) is 4.14. The highest BCUT2D eigenvalue weighted by Gasteiger charge is 2.28. The Balaban J connectivity index is 2.61. The molecular weight excluding hydrogens is 220 g/mol. The Hall–Kier alpha value is -1.37. The smallest absolute Gasteiger partial charge is 0.135 e. The van der Waals surface area contributed by atoms with Gasteiger partial charge in [-0.2, -0.15) is 0 Å². The summed E-state index contributed by atoms with van der Waals surface area (Å²) in [5, 5.41) is 0. The van der Waals surface area contributed by atoms with E-state index in [1.54, 1.807) is 0 Å². The molecule has 18 heavy (non-hydrogen) atoms. The van der Waals surface area contributed by atoms with Crippen molar-refractivity contribution in [2.45, 2.75) is 40.5 Å². The van der Waals surface area contributed by atoms with E-state index in [2.05, 4.69) is 38.1 Å². The number of hydrogen-bond acceptors (Lipinski definition) is 1. The zero-order valence-electron chi connectivity index (χ0n) is 11.9. The van der Waals surface area contributed by atoms with Crippen molar-refractivity contribution in [1.29, 1.82) is 0 Å². The van der Waals surface area contributed by atoms with Crippen LogP contribution in [0.2, 0.25) is 0 Å². The fourth-order valence-corrected chi connectivity index (χ4v) is 1.98. The molecule has 0 aliphatic rings. The van der Waals surface area contributed by atoms with Crippen molar-refractivity contribution >= 4 is 11.9 Å². The Morgan fingerprint density at radius 2 is 1.89 bits per heavy atom. The van der Waals surface area contributed by atoms with Gasteiger partial charge in [-0.15, -0.1) is 0 Å². The Morgan fingerprint density at radius 1 is 1.28 bits per heavy atom. The Morgan fingerprint density at radius 3 is 2.44 bits per heavy atom. The summed E-state index contributed by atoms with van der Waals surface area (Å²) in [4.78, 5) is 11.8. The molecule has 1 aromatic carbocycles. The summed E-state index contributed by atoms with van der Waals surface area (Å²) in [6.07, 6.45) is 5.86. The lowest BCUT2D eigenvalue weighted by Gasteiger charge is -2.29. The molecule has 0 saturated heterocycles. The highest BCUT2D eigenvalue weighted by atomic mass is 16.1. The summed E-state index contributed by atoms with van der Waals surface area (Å²) < 4.78 is 0. The van der Waals surface area contributed by atoms with Crippen LogP contribution >= 0.6 is 0 Å². The van der Waals surface area contributed by atoms with Gasteiger partial charge in [-0.25, -0.2) is 0 Å². The molecule has 0 spiro atoms. The minimum atomic E-state index is 0.0262. The van der Waals surface area contributed by atoms with Crippen LogP contribution in [-0.4, -0.2) is 5.78 Å². The van der Waals surface area contributed by atoms with Gasteiger partial charge in [-0.1, -0.05) is 70.2 Å². The van der Waals surface area contributed by atoms with Crippen molar-refractivity contribution in [2.24, 2.45) is 11.3 Å². The molecule has 1 nitrogen and oxygen atoms in total. The number of allylic oxidation sites excluding steroid dienone is 1. The van der Waals surface area contributed by atoms with E-state index in [9.17, 15) is 4.79 Å². The number of carbonyl (C=O) groups excluding carboxylic acids is 1. The molecule has 0 aliphatic carbocycles. The van der Waals surface area contributed by atoms with E-state index < -0.39 is 0 Å². The SMILES string of the molecule is CCC(=O)C(C)C(C)(C)C/C=C/c1ccccc1. The fourth-order valence-electron chi connectivity index (χ4n) is 1.98. The molecule has 0 fully saturated rings. The van der Waals surface area contributed by atoms with Crippen LogP contribution in [0.3, 0.4) is 0 Å². The highest BCUT2D eigenvalue weighted by Crippen LogP contribution is 2.32. The second kappa shape index (κ2) is 6.53. The summed E-state index contributed by atoms with van der Waals surface area (Å²) in [5.41, 5.74) is 1.24. The molecule has 0 aromatic heterocycles. The summed E-state index contributed by atoms with van der Waals surface area (Å²) in [7, 11) is 0. The molecule has 1 atom stereocenters. The molecule has 0 aliphatic heterocycles. The first-order valence-electron chi connectivity index (χ1n) is 6.71. The third-order valence-electron chi connectivity index (χ3n) is 3.76. The van der Waals surface area contributed by atoms with Crippen LogP contribution in [0, 0.1) is 11.3 Å². The van der Waals surface area contributed by atoms with E-state index in [0.29, 0.717) is 12.2 Å². The summed E-state index contributed by atoms with van der Waals surface area (Å²) >= 11 is 0. The van der Waals surface area contributed by atoms with Gasteiger partial charge in [0, 0.05) is 12.3 Å². The van der Waals surface area contributed by atoms with Gasteiger partial charge >= 0.3 is 0 Å². The molecule has 1 heteroatoms. The number of hydrogen-bond donors (Lipinski definition) is 0. The lowest BCUT2D eigenvalue weighted by atomic mass is 9.74. The van der Waals surface area contributed by atoms with E-state index in [0.717, 1.165) is 6.42 Å². The molecule has 0 N–H and O–H groups in total. The summed E-state index contributed by atoms with van der Waals surface area (Å²) in [6.45, 7) is 8.32. The van der Waals surface area contributed by atoms with Gasteiger partial charge < -0.3 is 0 Å². The van der Waals surface area contributed by atoms with Gasteiger partial charge in [0.2, 0.25) is 0 Å². The van der Waals surface area contributed by atoms with Crippen molar-refractivity contribution < 1.29 is 4.79 Å². The van der Waals surface area contributed by atoms with Crippen molar-refractivity contribution in [3.63, 3.8) is 0 Å². The van der Waals surface area contributed by atoms with Gasteiger partial charge in [0.15, 0.2) is 0 Å². The molecule has 98 valence electrons. The minimum Gasteiger partial charge on any atom is -0.299 e. The first-order valence-corrected chi connectivity index (χ1v) is 6.71. The van der Waals surface area contributed by atoms with Crippen molar-refractivity contribution in [3.05, 3.63) is 42.0 Å². The molecule has 0 radical (unpaired) electrons. The maximum Gasteiger partial charge on any atom is 0.135 e. The van der Waals surface area contributed by atoms with Crippen LogP contribution in [0.5, 0.6) is 0 Å². The number of ketones is 1. The average Bonchev–Trinajstić information content (AvgIpc) is 2.38. The lowest BCUT2D eigenvalue weighted by Crippen LogP contribution is -2.27. The maximum atomic E-state index is 11.8. The number of carbonyl (C=O) groups is 1. The monoisotopic (exact) mass is 244 g/mol. The quantitative estimate of drug-likeness (QED) is 0.707. The van der Waals surface area contributed by atoms with Gasteiger partial charge in [-0.05, 0) is 17.4 Å². The van der Waals surface area contributed by atoms with Gasteiger partial charge in [0.25, 0.3) is 0 Å². The van der Waals surface area contributed by atoms with E-state index in [4.69, 9.17) is 0 Å². The minimum absolute atomic E-state index is 0.0262. The van der Waals surface area contributed by atoms with Gasteiger partial charge in [0.05, 0.1) is 0 Å². The lowest BCUT2D eigenvalue weighted by molar-refractivity contribution is -0.125. The molecule has 1 aromatic rings. The third-order valence-corrected chi connectivity index (χ3v) is 3.76. The van der Waals surface area contributed by atoms with Crippen molar-refractivity contribution in [3.8, 4) is 0 Å². The van der Waals surface area contributed by atoms with E-state index in [1.807, 2.05) is 32.0 Å².